The fraction of sp³-hybridized carbons (Fsp3) is 0.250. The molecule has 1 amide bonds. The summed E-state index contributed by atoms with van der Waals surface area (Å²) in [4.78, 5) is 37.5. The summed E-state index contributed by atoms with van der Waals surface area (Å²) in [5.74, 6) is -0.307. The second-order valence-electron chi connectivity index (χ2n) is 5.89. The van der Waals surface area contributed by atoms with Gasteiger partial charge < -0.3 is 9.88 Å². The van der Waals surface area contributed by atoms with Crippen molar-refractivity contribution in [1.29, 1.82) is 0 Å². The number of nitrogens with zero attached hydrogens (tertiary/aromatic N) is 3. The molecule has 0 bridgehead atoms. The number of rotatable bonds is 4. The van der Waals surface area contributed by atoms with Gasteiger partial charge in [-0.3, -0.25) is 19.7 Å². The Labute approximate surface area is 154 Å². The molecule has 0 spiro atoms. The van der Waals surface area contributed by atoms with Crippen molar-refractivity contribution in [3.63, 3.8) is 0 Å². The molecule has 1 fully saturated rings. The van der Waals surface area contributed by atoms with Crippen molar-refractivity contribution in [1.82, 2.24) is 14.2 Å². The van der Waals surface area contributed by atoms with E-state index in [9.17, 15) is 28.1 Å². The van der Waals surface area contributed by atoms with Gasteiger partial charge in [-0.05, 0) is 12.1 Å². The number of benzene rings is 1. The molecule has 10 nitrogen and oxygen atoms in total. The van der Waals surface area contributed by atoms with E-state index in [4.69, 9.17) is 0 Å². The molecule has 0 atom stereocenters. The molecule has 27 heavy (non-hydrogen) atoms. The van der Waals surface area contributed by atoms with Crippen molar-refractivity contribution in [2.45, 2.75) is 4.90 Å². The van der Waals surface area contributed by atoms with Crippen LogP contribution in [0, 0.1) is 10.1 Å². The van der Waals surface area contributed by atoms with Crippen LogP contribution in [-0.4, -0.2) is 59.6 Å². The van der Waals surface area contributed by atoms with Gasteiger partial charge in [0.05, 0.1) is 15.4 Å². The summed E-state index contributed by atoms with van der Waals surface area (Å²) in [6, 6.07) is 7.53. The molecule has 0 saturated carbocycles. The van der Waals surface area contributed by atoms with Gasteiger partial charge in [0.15, 0.2) is 0 Å². The van der Waals surface area contributed by atoms with Gasteiger partial charge in [-0.2, -0.15) is 4.31 Å². The lowest BCUT2D eigenvalue weighted by atomic mass is 10.2. The summed E-state index contributed by atoms with van der Waals surface area (Å²) in [6.45, 7) is 0.485. The van der Waals surface area contributed by atoms with Crippen LogP contribution in [0.4, 0.5) is 5.69 Å². The zero-order valence-corrected chi connectivity index (χ0v) is 14.9. The van der Waals surface area contributed by atoms with Gasteiger partial charge in [0, 0.05) is 50.6 Å². The molecule has 1 aliphatic rings. The van der Waals surface area contributed by atoms with Crippen LogP contribution in [-0.2, 0) is 10.0 Å². The maximum Gasteiger partial charge on any atom is 0.270 e. The minimum atomic E-state index is -3.89. The second kappa shape index (κ2) is 7.29. The van der Waals surface area contributed by atoms with Crippen molar-refractivity contribution in [2.75, 3.05) is 26.2 Å². The molecule has 1 aromatic heterocycles. The highest BCUT2D eigenvalue weighted by Gasteiger charge is 2.31. The third-order valence-electron chi connectivity index (χ3n) is 4.22. The van der Waals surface area contributed by atoms with Gasteiger partial charge in [0.1, 0.15) is 0 Å². The molecule has 0 aliphatic carbocycles. The smallest absolute Gasteiger partial charge is 0.270 e. The van der Waals surface area contributed by atoms with Gasteiger partial charge in [0.25, 0.3) is 11.6 Å². The number of H-pyrrole nitrogens is 1. The van der Waals surface area contributed by atoms with Crippen molar-refractivity contribution in [2.24, 2.45) is 0 Å². The van der Waals surface area contributed by atoms with Crippen molar-refractivity contribution in [3.05, 3.63) is 68.6 Å². The number of nitrogens with one attached hydrogen (secondary N) is 1. The Hall–Kier alpha value is -3.05. The SMILES string of the molecule is O=C(c1ccc(=O)[nH]c1)N1CCN(S(=O)(=O)c2cccc([N+](=O)[O-])c2)CC1. The van der Waals surface area contributed by atoms with E-state index in [1.165, 1.54) is 45.7 Å². The Kier molecular flexibility index (Phi) is 5.06. The number of nitro groups is 1. The molecule has 0 unspecified atom stereocenters. The second-order valence-corrected chi connectivity index (χ2v) is 7.83. The summed E-state index contributed by atoms with van der Waals surface area (Å²) in [6.07, 6.45) is 1.32. The fourth-order valence-corrected chi connectivity index (χ4v) is 4.23. The van der Waals surface area contributed by atoms with Gasteiger partial charge in [-0.15, -0.1) is 0 Å². The Morgan fingerprint density at radius 2 is 1.81 bits per heavy atom. The number of nitro benzene ring substituents is 1. The van der Waals surface area contributed by atoms with Crippen molar-refractivity contribution >= 4 is 21.6 Å². The molecule has 3 rings (SSSR count). The number of carbonyl (C=O) groups excluding carboxylic acids is 1. The van der Waals surface area contributed by atoms with Crippen LogP contribution in [0.2, 0.25) is 0 Å². The number of hydrogen-bond donors (Lipinski definition) is 1. The summed E-state index contributed by atoms with van der Waals surface area (Å²) in [7, 11) is -3.89. The Morgan fingerprint density at radius 3 is 2.41 bits per heavy atom. The predicted molar refractivity (Wildman–Crippen MR) is 94.8 cm³/mol. The summed E-state index contributed by atoms with van der Waals surface area (Å²) in [5, 5.41) is 10.9. The maximum atomic E-state index is 12.7. The highest BCUT2D eigenvalue weighted by Crippen LogP contribution is 2.22. The number of amides is 1. The number of pyridine rings is 1. The van der Waals surface area contributed by atoms with E-state index >= 15 is 0 Å². The first-order valence-electron chi connectivity index (χ1n) is 8.01. The van der Waals surface area contributed by atoms with E-state index in [0.717, 1.165) is 6.07 Å². The fourth-order valence-electron chi connectivity index (χ4n) is 2.76. The van der Waals surface area contributed by atoms with Crippen LogP contribution < -0.4 is 5.56 Å². The lowest BCUT2D eigenvalue weighted by molar-refractivity contribution is -0.385. The first kappa shape index (κ1) is 18.7. The third kappa shape index (κ3) is 3.88. The van der Waals surface area contributed by atoms with E-state index in [2.05, 4.69) is 4.98 Å². The van der Waals surface area contributed by atoms with Crippen LogP contribution in [0.3, 0.4) is 0 Å². The van der Waals surface area contributed by atoms with E-state index in [1.807, 2.05) is 0 Å². The molecule has 2 aromatic rings. The molecule has 2 heterocycles. The standard InChI is InChI=1S/C16H16N4O6S/c21-15-5-4-12(11-17-15)16(22)18-6-8-19(9-7-18)27(25,26)14-3-1-2-13(10-14)20(23)24/h1-5,10-11H,6-9H2,(H,17,21). The van der Waals surface area contributed by atoms with Crippen LogP contribution >= 0.6 is 0 Å². The lowest BCUT2D eigenvalue weighted by Crippen LogP contribution is -2.50. The maximum absolute atomic E-state index is 12.7. The van der Waals surface area contributed by atoms with Crippen molar-refractivity contribution < 1.29 is 18.1 Å². The number of hydrogen-bond acceptors (Lipinski definition) is 6. The predicted octanol–water partition coefficient (Wildman–Crippen LogP) is 0.430. The quantitative estimate of drug-likeness (QED) is 0.592. The number of piperazine rings is 1. The van der Waals surface area contributed by atoms with Gasteiger partial charge in [-0.25, -0.2) is 8.42 Å². The molecular formula is C16H16N4O6S. The normalized spacial score (nSPS) is 15.5. The monoisotopic (exact) mass is 392 g/mol. The highest BCUT2D eigenvalue weighted by atomic mass is 32.2. The number of carbonyl (C=O) groups is 1. The van der Waals surface area contributed by atoms with Gasteiger partial charge in [-0.1, -0.05) is 6.07 Å². The average Bonchev–Trinajstić information content (AvgIpc) is 2.68. The average molecular weight is 392 g/mol. The molecule has 11 heteroatoms. The first-order valence-corrected chi connectivity index (χ1v) is 9.46. The largest absolute Gasteiger partial charge is 0.336 e. The number of sulfonamides is 1. The van der Waals surface area contributed by atoms with Crippen LogP contribution in [0.15, 0.2) is 52.3 Å². The number of aromatic amines is 1. The zero-order chi connectivity index (χ0) is 19.6. The van der Waals surface area contributed by atoms with Crippen LogP contribution in [0.1, 0.15) is 10.4 Å². The first-order chi connectivity index (χ1) is 12.8. The van der Waals surface area contributed by atoms with E-state index in [-0.39, 0.29) is 48.2 Å². The molecule has 1 saturated heterocycles. The summed E-state index contributed by atoms with van der Waals surface area (Å²) in [5.41, 5.74) is -0.313. The zero-order valence-electron chi connectivity index (χ0n) is 14.1. The Morgan fingerprint density at radius 1 is 1.11 bits per heavy atom. The van der Waals surface area contributed by atoms with Crippen molar-refractivity contribution in [3.8, 4) is 0 Å². The molecule has 1 N–H and O–H groups in total. The summed E-state index contributed by atoms with van der Waals surface area (Å²) < 4.78 is 26.6. The van der Waals surface area contributed by atoms with Crippen LogP contribution in [0.5, 0.6) is 0 Å². The Balaban J connectivity index is 1.72. The third-order valence-corrected chi connectivity index (χ3v) is 6.12. The van der Waals surface area contributed by atoms with Crippen LogP contribution in [0.25, 0.3) is 0 Å². The number of aromatic nitrogens is 1. The Bertz CT molecular complexity index is 1020. The topological polar surface area (TPSA) is 134 Å². The van der Waals surface area contributed by atoms with E-state index in [0.29, 0.717) is 5.56 Å². The molecule has 142 valence electrons. The minimum absolute atomic E-state index is 0.0696. The lowest BCUT2D eigenvalue weighted by Gasteiger charge is -2.34. The minimum Gasteiger partial charge on any atom is -0.336 e. The van der Waals surface area contributed by atoms with E-state index in [1.54, 1.807) is 0 Å². The molecule has 0 radical (unpaired) electrons. The van der Waals surface area contributed by atoms with E-state index < -0.39 is 14.9 Å². The highest BCUT2D eigenvalue weighted by molar-refractivity contribution is 7.89. The number of non-ortho nitro benzene ring substituents is 1. The molecule has 1 aliphatic heterocycles. The molecular weight excluding hydrogens is 376 g/mol. The molecule has 1 aromatic carbocycles. The van der Waals surface area contributed by atoms with Gasteiger partial charge >= 0.3 is 0 Å². The van der Waals surface area contributed by atoms with Gasteiger partial charge in [0.2, 0.25) is 15.6 Å². The summed E-state index contributed by atoms with van der Waals surface area (Å²) >= 11 is 0.